The lowest BCUT2D eigenvalue weighted by Gasteiger charge is -2.26. The highest BCUT2D eigenvalue weighted by molar-refractivity contribution is 14.1. The number of ether oxygens (including phenoxy) is 1. The van der Waals surface area contributed by atoms with Gasteiger partial charge in [-0.1, -0.05) is 6.92 Å². The first-order chi connectivity index (χ1) is 6.22. The van der Waals surface area contributed by atoms with Gasteiger partial charge in [0.1, 0.15) is 0 Å². The monoisotopic (exact) mass is 295 g/mol. The van der Waals surface area contributed by atoms with Crippen LogP contribution in [0.5, 0.6) is 0 Å². The lowest BCUT2D eigenvalue weighted by molar-refractivity contribution is 0.105. The van der Waals surface area contributed by atoms with E-state index in [0.29, 0.717) is 5.92 Å². The largest absolute Gasteiger partial charge is 0.377 e. The normalized spacial score (nSPS) is 27.7. The molecule has 5 heteroatoms. The van der Waals surface area contributed by atoms with E-state index in [4.69, 9.17) is 10.6 Å². The van der Waals surface area contributed by atoms with Crippen molar-refractivity contribution in [3.63, 3.8) is 0 Å². The molecule has 0 spiro atoms. The number of hydrogen-bond donors (Lipinski definition) is 3. The zero-order valence-corrected chi connectivity index (χ0v) is 9.83. The summed E-state index contributed by atoms with van der Waals surface area (Å²) in [5.41, 5.74) is 4.61. The zero-order valence-electron chi connectivity index (χ0n) is 7.67. The SMILES string of the molecule is COC1C=C(NN)C=C(NI)C1C. The first-order valence-corrected chi connectivity index (χ1v) is 5.10. The minimum Gasteiger partial charge on any atom is -0.377 e. The fraction of sp³-hybridized carbons (Fsp3) is 0.500. The Morgan fingerprint density at radius 3 is 2.77 bits per heavy atom. The number of halogens is 1. The lowest BCUT2D eigenvalue weighted by atomic mass is 9.95. The quantitative estimate of drug-likeness (QED) is 0.312. The van der Waals surface area contributed by atoms with Crippen LogP contribution in [0.25, 0.3) is 0 Å². The molecule has 0 bridgehead atoms. The minimum absolute atomic E-state index is 0.0771. The third-order valence-electron chi connectivity index (χ3n) is 2.19. The molecule has 0 radical (unpaired) electrons. The molecule has 0 saturated heterocycles. The second-order valence-electron chi connectivity index (χ2n) is 2.95. The number of nitrogens with two attached hydrogens (primary N) is 1. The van der Waals surface area contributed by atoms with Gasteiger partial charge in [0.05, 0.1) is 29.0 Å². The van der Waals surface area contributed by atoms with E-state index in [0.717, 1.165) is 11.4 Å². The van der Waals surface area contributed by atoms with Gasteiger partial charge in [-0.15, -0.1) is 0 Å². The minimum atomic E-state index is 0.0771. The van der Waals surface area contributed by atoms with Gasteiger partial charge in [-0.3, -0.25) is 5.84 Å². The van der Waals surface area contributed by atoms with E-state index in [1.54, 1.807) is 7.11 Å². The van der Waals surface area contributed by atoms with Crippen LogP contribution in [0.4, 0.5) is 0 Å². The predicted molar refractivity (Wildman–Crippen MR) is 60.6 cm³/mol. The van der Waals surface area contributed by atoms with Crippen LogP contribution in [0.2, 0.25) is 0 Å². The van der Waals surface area contributed by atoms with Crippen LogP contribution in [0.1, 0.15) is 6.92 Å². The van der Waals surface area contributed by atoms with Crippen LogP contribution < -0.4 is 14.8 Å². The average molecular weight is 295 g/mol. The van der Waals surface area contributed by atoms with Gasteiger partial charge in [-0.2, -0.15) is 0 Å². The van der Waals surface area contributed by atoms with Crippen LogP contribution in [-0.2, 0) is 4.74 Å². The van der Waals surface area contributed by atoms with Crippen molar-refractivity contribution in [3.8, 4) is 0 Å². The molecule has 1 aliphatic rings. The molecule has 1 aliphatic carbocycles. The Morgan fingerprint density at radius 2 is 2.31 bits per heavy atom. The van der Waals surface area contributed by atoms with Crippen molar-refractivity contribution in [2.24, 2.45) is 11.8 Å². The maximum Gasteiger partial charge on any atom is 0.0855 e. The third-order valence-corrected chi connectivity index (χ3v) is 2.81. The average Bonchev–Trinajstić information content (AvgIpc) is 2.18. The van der Waals surface area contributed by atoms with E-state index in [-0.39, 0.29) is 6.10 Å². The van der Waals surface area contributed by atoms with E-state index in [2.05, 4.69) is 38.7 Å². The highest BCUT2D eigenvalue weighted by atomic mass is 127. The predicted octanol–water partition coefficient (Wildman–Crippen LogP) is 0.822. The lowest BCUT2D eigenvalue weighted by Crippen LogP contribution is -2.31. The fourth-order valence-electron chi connectivity index (χ4n) is 1.32. The van der Waals surface area contributed by atoms with Crippen molar-refractivity contribution in [1.29, 1.82) is 0 Å². The van der Waals surface area contributed by atoms with Crippen LogP contribution in [0.3, 0.4) is 0 Å². The molecule has 0 aromatic heterocycles. The highest BCUT2D eigenvalue weighted by Gasteiger charge is 2.22. The first-order valence-electron chi connectivity index (χ1n) is 4.02. The molecule has 2 atom stereocenters. The summed E-state index contributed by atoms with van der Waals surface area (Å²) in [5.74, 6) is 5.67. The Balaban J connectivity index is 2.85. The van der Waals surface area contributed by atoms with Crippen LogP contribution in [0, 0.1) is 5.92 Å². The van der Waals surface area contributed by atoms with Crippen LogP contribution >= 0.6 is 22.9 Å². The Bertz CT molecular complexity index is 240. The van der Waals surface area contributed by atoms with Crippen LogP contribution in [-0.4, -0.2) is 13.2 Å². The molecule has 1 rings (SSSR count). The molecule has 0 fully saturated rings. The van der Waals surface area contributed by atoms with Crippen molar-refractivity contribution in [2.75, 3.05) is 7.11 Å². The van der Waals surface area contributed by atoms with Gasteiger partial charge in [-0.25, -0.2) is 0 Å². The van der Waals surface area contributed by atoms with E-state index in [1.807, 2.05) is 12.2 Å². The summed E-state index contributed by atoms with van der Waals surface area (Å²) >= 11 is 2.10. The van der Waals surface area contributed by atoms with Gasteiger partial charge in [0, 0.05) is 24.4 Å². The zero-order chi connectivity index (χ0) is 9.84. The van der Waals surface area contributed by atoms with Gasteiger partial charge < -0.3 is 13.7 Å². The molecule has 13 heavy (non-hydrogen) atoms. The molecule has 0 amide bonds. The number of methoxy groups -OCH3 is 1. The van der Waals surface area contributed by atoms with Crippen LogP contribution in [0.15, 0.2) is 23.5 Å². The fourth-order valence-corrected chi connectivity index (χ4v) is 1.97. The summed E-state index contributed by atoms with van der Waals surface area (Å²) in [6.07, 6.45) is 4.03. The van der Waals surface area contributed by atoms with E-state index in [1.165, 1.54) is 0 Å². The number of nitrogens with one attached hydrogen (secondary N) is 2. The van der Waals surface area contributed by atoms with Crippen molar-refractivity contribution < 1.29 is 4.74 Å². The molecule has 0 aromatic carbocycles. The molecule has 0 heterocycles. The summed E-state index contributed by atoms with van der Waals surface area (Å²) < 4.78 is 8.41. The van der Waals surface area contributed by atoms with Gasteiger partial charge >= 0.3 is 0 Å². The third kappa shape index (κ3) is 2.35. The molecule has 4 N–H and O–H groups in total. The van der Waals surface area contributed by atoms with Crippen molar-refractivity contribution in [2.45, 2.75) is 13.0 Å². The summed E-state index contributed by atoms with van der Waals surface area (Å²) in [7, 11) is 1.70. The van der Waals surface area contributed by atoms with Gasteiger partial charge in [0.25, 0.3) is 0 Å². The first kappa shape index (κ1) is 10.8. The summed E-state index contributed by atoms with van der Waals surface area (Å²) in [5, 5.41) is 0. The van der Waals surface area contributed by atoms with E-state index < -0.39 is 0 Å². The van der Waals surface area contributed by atoms with Gasteiger partial charge in [0.15, 0.2) is 0 Å². The number of hydrogen-bond acceptors (Lipinski definition) is 4. The van der Waals surface area contributed by atoms with Crippen molar-refractivity contribution in [1.82, 2.24) is 8.96 Å². The molecular weight excluding hydrogens is 281 g/mol. The second-order valence-corrected chi connectivity index (χ2v) is 3.49. The molecule has 0 saturated carbocycles. The molecule has 0 aliphatic heterocycles. The Hall–Kier alpha value is -0.270. The molecule has 4 nitrogen and oxygen atoms in total. The smallest absolute Gasteiger partial charge is 0.0855 e. The topological polar surface area (TPSA) is 59.3 Å². The number of hydrazine groups is 1. The molecule has 74 valence electrons. The Kier molecular flexibility index (Phi) is 4.01. The maximum absolute atomic E-state index is 5.33. The Labute approximate surface area is 92.1 Å². The van der Waals surface area contributed by atoms with E-state index in [9.17, 15) is 0 Å². The number of allylic oxidation sites excluding steroid dienone is 1. The summed E-state index contributed by atoms with van der Waals surface area (Å²) in [6.45, 7) is 2.11. The molecule has 2 unspecified atom stereocenters. The highest BCUT2D eigenvalue weighted by Crippen LogP contribution is 2.23. The van der Waals surface area contributed by atoms with Gasteiger partial charge in [-0.05, 0) is 12.2 Å². The van der Waals surface area contributed by atoms with E-state index >= 15 is 0 Å². The van der Waals surface area contributed by atoms with Crippen molar-refractivity contribution >= 4 is 22.9 Å². The van der Waals surface area contributed by atoms with Gasteiger partial charge in [0.2, 0.25) is 0 Å². The number of rotatable bonds is 3. The summed E-state index contributed by atoms with van der Waals surface area (Å²) in [4.78, 5) is 0. The maximum atomic E-state index is 5.33. The standard InChI is InChI=1S/C8H14IN3O/c1-5-7(11-9)3-6(12-10)4-8(5)13-2/h3-5,8,11-12H,10H2,1-2H3. The van der Waals surface area contributed by atoms with Crippen molar-refractivity contribution in [3.05, 3.63) is 23.5 Å². The molecule has 0 aromatic rings. The summed E-state index contributed by atoms with van der Waals surface area (Å²) in [6, 6.07) is 0. The second kappa shape index (κ2) is 4.83. The molecular formula is C8H14IN3O. The Morgan fingerprint density at radius 1 is 1.62 bits per heavy atom.